The summed E-state index contributed by atoms with van der Waals surface area (Å²) in [4.78, 5) is 10.4. The van der Waals surface area contributed by atoms with Crippen LogP contribution >= 0.6 is 22.6 Å². The summed E-state index contributed by atoms with van der Waals surface area (Å²) < 4.78 is 1.08. The van der Waals surface area contributed by atoms with Gasteiger partial charge in [-0.3, -0.25) is 4.79 Å². The SMILES string of the molecule is CC/C(C)=C(\I)CC(N)=O. The van der Waals surface area contributed by atoms with Crippen molar-refractivity contribution in [2.45, 2.75) is 26.7 Å². The third-order valence-electron chi connectivity index (χ3n) is 1.32. The Morgan fingerprint density at radius 2 is 2.10 bits per heavy atom. The fourth-order valence-electron chi connectivity index (χ4n) is 0.496. The molecule has 0 radical (unpaired) electrons. The fourth-order valence-corrected chi connectivity index (χ4v) is 1.25. The minimum atomic E-state index is -0.253. The van der Waals surface area contributed by atoms with E-state index in [1.54, 1.807) is 0 Å². The Labute approximate surface area is 75.0 Å². The Morgan fingerprint density at radius 1 is 1.60 bits per heavy atom. The average molecular weight is 253 g/mol. The average Bonchev–Trinajstić information content (AvgIpc) is 1.85. The van der Waals surface area contributed by atoms with Gasteiger partial charge in [-0.05, 0) is 39.5 Å². The van der Waals surface area contributed by atoms with Crippen molar-refractivity contribution in [2.75, 3.05) is 0 Å². The zero-order valence-corrected chi connectivity index (χ0v) is 8.44. The Balaban J connectivity index is 4.04. The van der Waals surface area contributed by atoms with Crippen molar-refractivity contribution in [3.05, 3.63) is 9.15 Å². The molecule has 0 aliphatic heterocycles. The lowest BCUT2D eigenvalue weighted by atomic mass is 10.2. The maximum Gasteiger partial charge on any atom is 0.222 e. The molecule has 0 bridgehead atoms. The molecule has 2 nitrogen and oxygen atoms in total. The first kappa shape index (κ1) is 9.94. The van der Waals surface area contributed by atoms with Gasteiger partial charge in [0, 0.05) is 0 Å². The molecule has 0 saturated carbocycles. The summed E-state index contributed by atoms with van der Waals surface area (Å²) in [5, 5.41) is 0. The van der Waals surface area contributed by atoms with Gasteiger partial charge < -0.3 is 5.73 Å². The Kier molecular flexibility index (Phi) is 4.68. The number of amides is 1. The van der Waals surface area contributed by atoms with Crippen LogP contribution in [-0.4, -0.2) is 5.91 Å². The van der Waals surface area contributed by atoms with Gasteiger partial charge in [0.1, 0.15) is 0 Å². The molecule has 0 aromatic carbocycles. The smallest absolute Gasteiger partial charge is 0.222 e. The molecule has 0 heterocycles. The summed E-state index contributed by atoms with van der Waals surface area (Å²) in [6.45, 7) is 4.08. The van der Waals surface area contributed by atoms with Gasteiger partial charge in [0.15, 0.2) is 0 Å². The van der Waals surface area contributed by atoms with E-state index in [9.17, 15) is 4.79 Å². The molecule has 0 aliphatic rings. The van der Waals surface area contributed by atoms with Crippen molar-refractivity contribution in [3.63, 3.8) is 0 Å². The van der Waals surface area contributed by atoms with Gasteiger partial charge in [-0.25, -0.2) is 0 Å². The number of hydrogen-bond donors (Lipinski definition) is 1. The number of nitrogens with two attached hydrogens (primary N) is 1. The molecule has 1 amide bonds. The summed E-state index contributed by atoms with van der Waals surface area (Å²) >= 11 is 2.16. The van der Waals surface area contributed by atoms with Gasteiger partial charge >= 0.3 is 0 Å². The quantitative estimate of drug-likeness (QED) is 0.768. The predicted molar refractivity (Wildman–Crippen MR) is 50.8 cm³/mol. The summed E-state index contributed by atoms with van der Waals surface area (Å²) in [5.41, 5.74) is 6.26. The van der Waals surface area contributed by atoms with Gasteiger partial charge in [-0.2, -0.15) is 0 Å². The van der Waals surface area contributed by atoms with E-state index >= 15 is 0 Å². The molecular formula is C7H12INO. The first-order valence-electron chi connectivity index (χ1n) is 3.20. The first-order chi connectivity index (χ1) is 4.57. The van der Waals surface area contributed by atoms with Crippen molar-refractivity contribution in [3.8, 4) is 0 Å². The van der Waals surface area contributed by atoms with E-state index in [1.165, 1.54) is 5.57 Å². The minimum absolute atomic E-state index is 0.253. The van der Waals surface area contributed by atoms with Crippen LogP contribution < -0.4 is 5.73 Å². The lowest BCUT2D eigenvalue weighted by molar-refractivity contribution is -0.117. The second kappa shape index (κ2) is 4.71. The molecular weight excluding hydrogens is 241 g/mol. The topological polar surface area (TPSA) is 43.1 Å². The second-order valence-corrected chi connectivity index (χ2v) is 3.48. The van der Waals surface area contributed by atoms with Gasteiger partial charge in [0.25, 0.3) is 0 Å². The number of primary amides is 1. The summed E-state index contributed by atoms with van der Waals surface area (Å²) in [6.07, 6.45) is 1.38. The molecule has 2 N–H and O–H groups in total. The van der Waals surface area contributed by atoms with E-state index in [4.69, 9.17) is 5.73 Å². The van der Waals surface area contributed by atoms with Crippen LogP contribution in [0.25, 0.3) is 0 Å². The Morgan fingerprint density at radius 3 is 2.40 bits per heavy atom. The van der Waals surface area contributed by atoms with E-state index in [1.807, 2.05) is 6.92 Å². The molecule has 0 atom stereocenters. The normalized spacial score (nSPS) is 12.7. The highest BCUT2D eigenvalue weighted by Crippen LogP contribution is 2.18. The summed E-state index contributed by atoms with van der Waals surface area (Å²) in [7, 11) is 0. The number of carbonyl (C=O) groups is 1. The zero-order chi connectivity index (χ0) is 8.15. The maximum atomic E-state index is 10.4. The molecule has 10 heavy (non-hydrogen) atoms. The van der Waals surface area contributed by atoms with Crippen LogP contribution in [-0.2, 0) is 4.79 Å². The van der Waals surface area contributed by atoms with E-state index in [2.05, 4.69) is 29.5 Å². The molecule has 0 aromatic heterocycles. The van der Waals surface area contributed by atoms with Crippen LogP contribution in [0.2, 0.25) is 0 Å². The lowest BCUT2D eigenvalue weighted by Gasteiger charge is -1.99. The number of allylic oxidation sites excluding steroid dienone is 1. The standard InChI is InChI=1S/C7H12INO/c1-3-5(2)6(8)4-7(9)10/h3-4H2,1-2H3,(H2,9,10)/b6-5-. The lowest BCUT2D eigenvalue weighted by Crippen LogP contribution is -2.10. The maximum absolute atomic E-state index is 10.4. The summed E-state index contributed by atoms with van der Waals surface area (Å²) in [5.74, 6) is -0.253. The van der Waals surface area contributed by atoms with Crippen LogP contribution in [0.3, 0.4) is 0 Å². The molecule has 0 aromatic rings. The minimum Gasteiger partial charge on any atom is -0.369 e. The largest absolute Gasteiger partial charge is 0.369 e. The number of carbonyl (C=O) groups excluding carboxylic acids is 1. The van der Waals surface area contributed by atoms with E-state index in [0.29, 0.717) is 6.42 Å². The molecule has 0 spiro atoms. The van der Waals surface area contributed by atoms with Gasteiger partial charge in [0.05, 0.1) is 6.42 Å². The van der Waals surface area contributed by atoms with Crippen molar-refractivity contribution in [1.29, 1.82) is 0 Å². The Hall–Kier alpha value is -0.0600. The zero-order valence-electron chi connectivity index (χ0n) is 6.28. The van der Waals surface area contributed by atoms with E-state index in [0.717, 1.165) is 10.0 Å². The monoisotopic (exact) mass is 253 g/mol. The van der Waals surface area contributed by atoms with Crippen molar-refractivity contribution in [2.24, 2.45) is 5.73 Å². The van der Waals surface area contributed by atoms with Gasteiger partial charge in [-0.1, -0.05) is 12.5 Å². The van der Waals surface area contributed by atoms with Crippen LogP contribution in [0.4, 0.5) is 0 Å². The first-order valence-corrected chi connectivity index (χ1v) is 4.28. The van der Waals surface area contributed by atoms with Crippen molar-refractivity contribution < 1.29 is 4.79 Å². The highest BCUT2D eigenvalue weighted by Gasteiger charge is 2.00. The summed E-state index contributed by atoms with van der Waals surface area (Å²) in [6, 6.07) is 0. The highest BCUT2D eigenvalue weighted by atomic mass is 127. The molecule has 0 unspecified atom stereocenters. The van der Waals surface area contributed by atoms with Crippen LogP contribution in [0.5, 0.6) is 0 Å². The van der Waals surface area contributed by atoms with E-state index in [-0.39, 0.29) is 5.91 Å². The van der Waals surface area contributed by atoms with Crippen LogP contribution in [0.15, 0.2) is 9.15 Å². The molecule has 0 rings (SSSR count). The number of hydrogen-bond acceptors (Lipinski definition) is 1. The Bertz CT molecular complexity index is 163. The number of halogens is 1. The van der Waals surface area contributed by atoms with Crippen molar-refractivity contribution >= 4 is 28.5 Å². The molecule has 0 fully saturated rings. The fraction of sp³-hybridized carbons (Fsp3) is 0.571. The van der Waals surface area contributed by atoms with E-state index < -0.39 is 0 Å². The van der Waals surface area contributed by atoms with Crippen LogP contribution in [0.1, 0.15) is 26.7 Å². The third-order valence-corrected chi connectivity index (χ3v) is 2.63. The highest BCUT2D eigenvalue weighted by molar-refractivity contribution is 14.1. The van der Waals surface area contributed by atoms with Gasteiger partial charge in [0.2, 0.25) is 5.91 Å². The molecule has 0 saturated heterocycles. The van der Waals surface area contributed by atoms with Crippen molar-refractivity contribution in [1.82, 2.24) is 0 Å². The predicted octanol–water partition coefficient (Wildman–Crippen LogP) is 1.98. The van der Waals surface area contributed by atoms with Crippen LogP contribution in [0, 0.1) is 0 Å². The molecule has 3 heteroatoms. The molecule has 58 valence electrons. The molecule has 0 aliphatic carbocycles. The number of rotatable bonds is 3. The van der Waals surface area contributed by atoms with Gasteiger partial charge in [-0.15, -0.1) is 0 Å². The third kappa shape index (κ3) is 3.87. The second-order valence-electron chi connectivity index (χ2n) is 2.18.